The van der Waals surface area contributed by atoms with Crippen LogP contribution in [0.15, 0.2) is 12.2 Å². The lowest BCUT2D eigenvalue weighted by Crippen LogP contribution is -1.95. The first-order chi connectivity index (χ1) is 5.85. The van der Waals surface area contributed by atoms with Crippen molar-refractivity contribution in [3.63, 3.8) is 0 Å². The zero-order valence-corrected chi connectivity index (χ0v) is 8.39. The maximum absolute atomic E-state index is 3.88. The van der Waals surface area contributed by atoms with E-state index in [1.54, 1.807) is 0 Å². The molecule has 12 heavy (non-hydrogen) atoms. The molecule has 0 aliphatic rings. The first-order valence-corrected chi connectivity index (χ1v) is 5.08. The largest absolute Gasteiger partial charge is 0.0885 e. The highest BCUT2D eigenvalue weighted by atomic mass is 14.1. The molecule has 0 spiro atoms. The molecular formula is C12H22. The Hall–Kier alpha value is -0.260. The second-order valence-electron chi connectivity index (χ2n) is 3.27. The van der Waals surface area contributed by atoms with Gasteiger partial charge in [0.15, 0.2) is 0 Å². The molecule has 70 valence electrons. The van der Waals surface area contributed by atoms with Crippen LogP contribution in [0.4, 0.5) is 0 Å². The number of rotatable bonds is 7. The average molecular weight is 166 g/mol. The third-order valence-corrected chi connectivity index (χ3v) is 2.20. The van der Waals surface area contributed by atoms with E-state index in [9.17, 15) is 0 Å². The lowest BCUT2D eigenvalue weighted by molar-refractivity contribution is 0.479. The molecule has 0 aliphatic heterocycles. The van der Waals surface area contributed by atoms with Crippen molar-refractivity contribution in [2.45, 2.75) is 45.4 Å². The van der Waals surface area contributed by atoms with E-state index >= 15 is 0 Å². The quantitative estimate of drug-likeness (QED) is 0.497. The Labute approximate surface area is 78.1 Å². The zero-order chi connectivity index (χ0) is 9.23. The second-order valence-corrected chi connectivity index (χ2v) is 3.27. The fourth-order valence-electron chi connectivity index (χ4n) is 1.30. The van der Waals surface area contributed by atoms with Crippen molar-refractivity contribution in [2.75, 3.05) is 0 Å². The summed E-state index contributed by atoms with van der Waals surface area (Å²) in [6, 6.07) is 0. The van der Waals surface area contributed by atoms with Gasteiger partial charge in [0.1, 0.15) is 0 Å². The molecule has 0 saturated carbocycles. The molecule has 2 radical (unpaired) electrons. The minimum Gasteiger partial charge on any atom is -0.0885 e. The molecule has 0 aromatic heterocycles. The van der Waals surface area contributed by atoms with Gasteiger partial charge in [0.05, 0.1) is 0 Å². The van der Waals surface area contributed by atoms with Gasteiger partial charge in [0, 0.05) is 0 Å². The van der Waals surface area contributed by atoms with Gasteiger partial charge < -0.3 is 0 Å². The lowest BCUT2D eigenvalue weighted by Gasteiger charge is -2.09. The summed E-state index contributed by atoms with van der Waals surface area (Å²) < 4.78 is 0. The summed E-state index contributed by atoms with van der Waals surface area (Å²) in [5.41, 5.74) is 0. The Morgan fingerprint density at radius 2 is 1.92 bits per heavy atom. The molecule has 0 N–H and O–H groups in total. The molecule has 0 nitrogen and oxygen atoms in total. The predicted octanol–water partition coefficient (Wildman–Crippen LogP) is 4.19. The van der Waals surface area contributed by atoms with Crippen molar-refractivity contribution in [1.82, 2.24) is 0 Å². The molecule has 0 aliphatic carbocycles. The number of allylic oxidation sites excluding steroid dienone is 2. The van der Waals surface area contributed by atoms with Crippen LogP contribution in [-0.4, -0.2) is 0 Å². The Morgan fingerprint density at radius 1 is 1.17 bits per heavy atom. The van der Waals surface area contributed by atoms with E-state index in [4.69, 9.17) is 0 Å². The van der Waals surface area contributed by atoms with Crippen LogP contribution >= 0.6 is 0 Å². The van der Waals surface area contributed by atoms with Gasteiger partial charge in [-0.05, 0) is 25.2 Å². The summed E-state index contributed by atoms with van der Waals surface area (Å²) in [6.07, 6.45) is 11.5. The molecule has 1 atom stereocenters. The third kappa shape index (κ3) is 6.45. The molecule has 0 aromatic rings. The van der Waals surface area contributed by atoms with Crippen molar-refractivity contribution in [1.29, 1.82) is 0 Å². The SMILES string of the molecule is [CH2]CC/C=C/CC(CC)CC[CH2]. The normalized spacial score (nSPS) is 13.9. The van der Waals surface area contributed by atoms with Crippen LogP contribution in [0.25, 0.3) is 0 Å². The Balaban J connectivity index is 3.42. The summed E-state index contributed by atoms with van der Waals surface area (Å²) in [6.45, 7) is 9.94. The number of unbranched alkanes of at least 4 members (excludes halogenated alkanes) is 1. The van der Waals surface area contributed by atoms with E-state index in [-0.39, 0.29) is 0 Å². The van der Waals surface area contributed by atoms with Gasteiger partial charge in [-0.2, -0.15) is 0 Å². The maximum Gasteiger partial charge on any atom is -0.0322 e. The highest BCUT2D eigenvalue weighted by Gasteiger charge is 2.00. The van der Waals surface area contributed by atoms with Gasteiger partial charge in [0.2, 0.25) is 0 Å². The van der Waals surface area contributed by atoms with Crippen LogP contribution in [0.3, 0.4) is 0 Å². The highest BCUT2D eigenvalue weighted by Crippen LogP contribution is 2.15. The van der Waals surface area contributed by atoms with Crippen molar-refractivity contribution in [3.05, 3.63) is 26.0 Å². The molecule has 0 aromatic carbocycles. The molecular weight excluding hydrogens is 144 g/mol. The van der Waals surface area contributed by atoms with Crippen molar-refractivity contribution >= 4 is 0 Å². The fraction of sp³-hybridized carbons (Fsp3) is 0.667. The van der Waals surface area contributed by atoms with Crippen LogP contribution in [0.1, 0.15) is 45.4 Å². The number of hydrogen-bond donors (Lipinski definition) is 0. The van der Waals surface area contributed by atoms with E-state index in [2.05, 4.69) is 32.9 Å². The second kappa shape index (κ2) is 8.83. The molecule has 0 bridgehead atoms. The van der Waals surface area contributed by atoms with E-state index in [0.717, 1.165) is 25.2 Å². The van der Waals surface area contributed by atoms with Gasteiger partial charge >= 0.3 is 0 Å². The third-order valence-electron chi connectivity index (χ3n) is 2.20. The van der Waals surface area contributed by atoms with Gasteiger partial charge in [-0.3, -0.25) is 0 Å². The summed E-state index contributed by atoms with van der Waals surface area (Å²) in [5, 5.41) is 0. The zero-order valence-electron chi connectivity index (χ0n) is 8.39. The molecule has 1 unspecified atom stereocenters. The fourth-order valence-corrected chi connectivity index (χ4v) is 1.30. The van der Waals surface area contributed by atoms with E-state index in [1.807, 2.05) is 0 Å². The van der Waals surface area contributed by atoms with Gasteiger partial charge in [0.25, 0.3) is 0 Å². The Morgan fingerprint density at radius 3 is 2.42 bits per heavy atom. The van der Waals surface area contributed by atoms with E-state index in [0.29, 0.717) is 0 Å². The maximum atomic E-state index is 3.88. The minimum absolute atomic E-state index is 0.851. The van der Waals surface area contributed by atoms with E-state index in [1.165, 1.54) is 19.3 Å². The topological polar surface area (TPSA) is 0 Å². The molecule has 0 rings (SSSR count). The Kier molecular flexibility index (Phi) is 8.64. The highest BCUT2D eigenvalue weighted by molar-refractivity contribution is 4.84. The smallest absolute Gasteiger partial charge is 0.0322 e. The average Bonchev–Trinajstić information content (AvgIpc) is 2.10. The van der Waals surface area contributed by atoms with Crippen LogP contribution < -0.4 is 0 Å². The van der Waals surface area contributed by atoms with Crippen molar-refractivity contribution < 1.29 is 0 Å². The van der Waals surface area contributed by atoms with Crippen LogP contribution in [0.2, 0.25) is 0 Å². The summed E-state index contributed by atoms with van der Waals surface area (Å²) in [5.74, 6) is 0.851. The summed E-state index contributed by atoms with van der Waals surface area (Å²) in [4.78, 5) is 0. The first-order valence-electron chi connectivity index (χ1n) is 5.08. The van der Waals surface area contributed by atoms with Crippen molar-refractivity contribution in [3.8, 4) is 0 Å². The number of hydrogen-bond acceptors (Lipinski definition) is 0. The van der Waals surface area contributed by atoms with Crippen LogP contribution in [0, 0.1) is 19.8 Å². The molecule has 0 heteroatoms. The predicted molar refractivity (Wildman–Crippen MR) is 56.7 cm³/mol. The molecule has 0 fully saturated rings. The van der Waals surface area contributed by atoms with Crippen LogP contribution in [0.5, 0.6) is 0 Å². The summed E-state index contributed by atoms with van der Waals surface area (Å²) >= 11 is 0. The van der Waals surface area contributed by atoms with E-state index < -0.39 is 0 Å². The Bertz CT molecular complexity index is 103. The van der Waals surface area contributed by atoms with Crippen molar-refractivity contribution in [2.24, 2.45) is 5.92 Å². The van der Waals surface area contributed by atoms with Crippen LogP contribution in [-0.2, 0) is 0 Å². The van der Waals surface area contributed by atoms with Gasteiger partial charge in [-0.15, -0.1) is 0 Å². The first kappa shape index (κ1) is 11.7. The van der Waals surface area contributed by atoms with Gasteiger partial charge in [-0.25, -0.2) is 0 Å². The monoisotopic (exact) mass is 166 g/mol. The standard InChI is InChI=1S/C12H22/c1-4-7-8-9-11-12(6-3)10-5-2/h8-9,12H,1-2,4-7,10-11H2,3H3/b9-8+. The molecule has 0 saturated heterocycles. The molecule has 0 amide bonds. The summed E-state index contributed by atoms with van der Waals surface area (Å²) in [7, 11) is 0. The molecule has 0 heterocycles. The minimum atomic E-state index is 0.851. The lowest BCUT2D eigenvalue weighted by atomic mass is 9.97. The van der Waals surface area contributed by atoms with Gasteiger partial charge in [-0.1, -0.05) is 52.2 Å².